The molecule has 118 valence electrons. The van der Waals surface area contributed by atoms with E-state index < -0.39 is 4.92 Å². The number of hydrogen-bond donors (Lipinski definition) is 1. The van der Waals surface area contributed by atoms with Gasteiger partial charge in [-0.3, -0.25) is 14.9 Å². The second-order valence-electron chi connectivity index (χ2n) is 5.24. The SMILES string of the molecule is Nc1c(C(=O)c2ccccc2)ccc([N+](=O)[O-])c1-c1ccccc1. The molecular weight excluding hydrogens is 304 g/mol. The average Bonchev–Trinajstić information content (AvgIpc) is 2.62. The highest BCUT2D eigenvalue weighted by molar-refractivity contribution is 6.14. The summed E-state index contributed by atoms with van der Waals surface area (Å²) < 4.78 is 0. The summed E-state index contributed by atoms with van der Waals surface area (Å²) >= 11 is 0. The van der Waals surface area contributed by atoms with Crippen molar-refractivity contribution < 1.29 is 9.72 Å². The molecule has 0 unspecified atom stereocenters. The minimum absolute atomic E-state index is 0.115. The van der Waals surface area contributed by atoms with Crippen LogP contribution in [-0.4, -0.2) is 10.7 Å². The number of ketones is 1. The van der Waals surface area contributed by atoms with E-state index in [-0.39, 0.29) is 28.3 Å². The maximum absolute atomic E-state index is 12.7. The van der Waals surface area contributed by atoms with Crippen LogP contribution in [0.15, 0.2) is 72.8 Å². The van der Waals surface area contributed by atoms with Crippen LogP contribution in [0.4, 0.5) is 11.4 Å². The fraction of sp³-hybridized carbons (Fsp3) is 0. The summed E-state index contributed by atoms with van der Waals surface area (Å²) in [5.74, 6) is -0.264. The van der Waals surface area contributed by atoms with Gasteiger partial charge in [-0.25, -0.2) is 0 Å². The molecule has 0 spiro atoms. The number of nitro groups is 1. The topological polar surface area (TPSA) is 86.2 Å². The van der Waals surface area contributed by atoms with Gasteiger partial charge in [0.1, 0.15) is 0 Å². The summed E-state index contributed by atoms with van der Waals surface area (Å²) in [7, 11) is 0. The van der Waals surface area contributed by atoms with Crippen LogP contribution in [0.5, 0.6) is 0 Å². The Hall–Kier alpha value is -3.47. The largest absolute Gasteiger partial charge is 0.397 e. The third kappa shape index (κ3) is 2.75. The lowest BCUT2D eigenvalue weighted by Gasteiger charge is -2.11. The van der Waals surface area contributed by atoms with E-state index in [4.69, 9.17) is 5.73 Å². The van der Waals surface area contributed by atoms with Crippen LogP contribution in [0.25, 0.3) is 11.1 Å². The van der Waals surface area contributed by atoms with E-state index >= 15 is 0 Å². The molecule has 3 rings (SSSR count). The summed E-state index contributed by atoms with van der Waals surface area (Å²) in [5, 5.41) is 11.4. The molecule has 0 aromatic heterocycles. The second kappa shape index (κ2) is 6.34. The van der Waals surface area contributed by atoms with Gasteiger partial charge in [-0.15, -0.1) is 0 Å². The van der Waals surface area contributed by atoms with Crippen molar-refractivity contribution in [3.05, 3.63) is 94.0 Å². The number of nitro benzene ring substituents is 1. The normalized spacial score (nSPS) is 10.3. The molecule has 3 aromatic rings. The van der Waals surface area contributed by atoms with Crippen LogP contribution in [0.2, 0.25) is 0 Å². The second-order valence-corrected chi connectivity index (χ2v) is 5.24. The standard InChI is InChI=1S/C19H14N2O3/c20-18-15(19(22)14-9-5-2-6-10-14)11-12-16(21(23)24)17(18)13-7-3-1-4-8-13/h1-12H,20H2. The van der Waals surface area contributed by atoms with Crippen molar-refractivity contribution in [3.8, 4) is 11.1 Å². The molecule has 5 nitrogen and oxygen atoms in total. The predicted molar refractivity (Wildman–Crippen MR) is 92.8 cm³/mol. The van der Waals surface area contributed by atoms with Crippen LogP contribution in [0.3, 0.4) is 0 Å². The van der Waals surface area contributed by atoms with Crippen molar-refractivity contribution in [1.29, 1.82) is 0 Å². The Labute approximate surface area is 138 Å². The van der Waals surface area contributed by atoms with Crippen molar-refractivity contribution in [2.24, 2.45) is 0 Å². The molecule has 5 heteroatoms. The van der Waals surface area contributed by atoms with Crippen LogP contribution >= 0.6 is 0 Å². The molecule has 0 fully saturated rings. The lowest BCUT2D eigenvalue weighted by atomic mass is 9.94. The quantitative estimate of drug-likeness (QED) is 0.340. The number of hydrogen-bond acceptors (Lipinski definition) is 4. The molecule has 0 aliphatic carbocycles. The number of nitrogens with two attached hydrogens (primary N) is 1. The van der Waals surface area contributed by atoms with E-state index in [0.29, 0.717) is 11.1 Å². The van der Waals surface area contributed by atoms with Crippen LogP contribution < -0.4 is 5.73 Å². The van der Waals surface area contributed by atoms with Crippen LogP contribution in [0, 0.1) is 10.1 Å². The minimum atomic E-state index is -0.491. The van der Waals surface area contributed by atoms with Gasteiger partial charge in [0.05, 0.1) is 16.2 Å². The zero-order chi connectivity index (χ0) is 17.1. The van der Waals surface area contributed by atoms with Gasteiger partial charge < -0.3 is 5.73 Å². The molecule has 0 bridgehead atoms. The van der Waals surface area contributed by atoms with Crippen molar-refractivity contribution in [2.75, 3.05) is 5.73 Å². The van der Waals surface area contributed by atoms with Crippen LogP contribution in [-0.2, 0) is 0 Å². The number of carbonyl (C=O) groups excluding carboxylic acids is 1. The minimum Gasteiger partial charge on any atom is -0.397 e. The Morgan fingerprint density at radius 2 is 1.46 bits per heavy atom. The summed E-state index contributed by atoms with van der Waals surface area (Å²) in [6.07, 6.45) is 0. The third-order valence-electron chi connectivity index (χ3n) is 3.76. The number of rotatable bonds is 4. The van der Waals surface area contributed by atoms with Gasteiger partial charge in [0, 0.05) is 17.2 Å². The van der Waals surface area contributed by atoms with E-state index in [1.807, 2.05) is 12.1 Å². The zero-order valence-corrected chi connectivity index (χ0v) is 12.7. The Balaban J connectivity index is 2.21. The average molecular weight is 318 g/mol. The first-order valence-electron chi connectivity index (χ1n) is 7.31. The van der Waals surface area contributed by atoms with Crippen LogP contribution in [0.1, 0.15) is 15.9 Å². The smallest absolute Gasteiger partial charge is 0.279 e. The van der Waals surface area contributed by atoms with Crippen molar-refractivity contribution in [3.63, 3.8) is 0 Å². The Morgan fingerprint density at radius 1 is 0.875 bits per heavy atom. The fourth-order valence-electron chi connectivity index (χ4n) is 2.61. The Bertz CT molecular complexity index is 907. The molecule has 3 aromatic carbocycles. The van der Waals surface area contributed by atoms with Gasteiger partial charge in [0.15, 0.2) is 5.78 Å². The van der Waals surface area contributed by atoms with Crippen molar-refractivity contribution >= 4 is 17.2 Å². The summed E-state index contributed by atoms with van der Waals surface area (Å²) in [6.45, 7) is 0. The lowest BCUT2D eigenvalue weighted by Crippen LogP contribution is -2.08. The molecule has 0 atom stereocenters. The van der Waals surface area contributed by atoms with Gasteiger partial charge >= 0.3 is 0 Å². The molecule has 0 saturated carbocycles. The number of nitrogen functional groups attached to an aromatic ring is 1. The Morgan fingerprint density at radius 3 is 2.04 bits per heavy atom. The first-order valence-corrected chi connectivity index (χ1v) is 7.31. The monoisotopic (exact) mass is 318 g/mol. The molecule has 0 radical (unpaired) electrons. The number of carbonyl (C=O) groups is 1. The molecular formula is C19H14N2O3. The van der Waals surface area contributed by atoms with Gasteiger partial charge in [-0.1, -0.05) is 60.7 Å². The van der Waals surface area contributed by atoms with E-state index in [2.05, 4.69) is 0 Å². The number of benzene rings is 3. The van der Waals surface area contributed by atoms with E-state index in [9.17, 15) is 14.9 Å². The molecule has 0 saturated heterocycles. The van der Waals surface area contributed by atoms with Crippen molar-refractivity contribution in [1.82, 2.24) is 0 Å². The highest BCUT2D eigenvalue weighted by Gasteiger charge is 2.23. The first-order chi connectivity index (χ1) is 11.6. The zero-order valence-electron chi connectivity index (χ0n) is 12.7. The fourth-order valence-corrected chi connectivity index (χ4v) is 2.61. The third-order valence-corrected chi connectivity index (χ3v) is 3.76. The number of anilines is 1. The summed E-state index contributed by atoms with van der Waals surface area (Å²) in [5.41, 5.74) is 7.77. The van der Waals surface area contributed by atoms with Gasteiger partial charge in [-0.05, 0) is 11.6 Å². The molecule has 2 N–H and O–H groups in total. The van der Waals surface area contributed by atoms with E-state index in [1.54, 1.807) is 48.5 Å². The number of nitrogens with zero attached hydrogens (tertiary/aromatic N) is 1. The summed E-state index contributed by atoms with van der Waals surface area (Å²) in [4.78, 5) is 23.6. The van der Waals surface area contributed by atoms with Gasteiger partial charge in [0.2, 0.25) is 0 Å². The first kappa shape index (κ1) is 15.4. The molecule has 0 heterocycles. The highest BCUT2D eigenvalue weighted by Crippen LogP contribution is 2.37. The highest BCUT2D eigenvalue weighted by atomic mass is 16.6. The summed E-state index contributed by atoms with van der Waals surface area (Å²) in [6, 6.07) is 20.2. The van der Waals surface area contributed by atoms with Gasteiger partial charge in [-0.2, -0.15) is 0 Å². The molecule has 24 heavy (non-hydrogen) atoms. The van der Waals surface area contributed by atoms with Crippen molar-refractivity contribution in [2.45, 2.75) is 0 Å². The van der Waals surface area contributed by atoms with Gasteiger partial charge in [0.25, 0.3) is 5.69 Å². The van der Waals surface area contributed by atoms with E-state index in [0.717, 1.165) is 0 Å². The maximum Gasteiger partial charge on any atom is 0.279 e. The molecule has 0 amide bonds. The van der Waals surface area contributed by atoms with E-state index in [1.165, 1.54) is 12.1 Å². The maximum atomic E-state index is 12.7. The Kier molecular flexibility index (Phi) is 4.07. The predicted octanol–water partition coefficient (Wildman–Crippen LogP) is 4.08. The molecule has 0 aliphatic heterocycles. The molecule has 0 aliphatic rings. The lowest BCUT2D eigenvalue weighted by molar-refractivity contribution is -0.384.